The SMILES string of the molecule is N#Cc1cccc(Nc2cc(Nc3ccccc3C#N)ncn2)c1. The van der Waals surface area contributed by atoms with Crippen molar-refractivity contribution in [2.24, 2.45) is 0 Å². The molecule has 3 aromatic rings. The van der Waals surface area contributed by atoms with Crippen molar-refractivity contribution in [3.8, 4) is 12.1 Å². The molecule has 0 unspecified atom stereocenters. The number of anilines is 4. The van der Waals surface area contributed by atoms with Crippen LogP contribution in [0.15, 0.2) is 60.9 Å². The monoisotopic (exact) mass is 312 g/mol. The molecule has 114 valence electrons. The molecule has 3 rings (SSSR count). The Morgan fingerprint density at radius 2 is 1.58 bits per heavy atom. The third kappa shape index (κ3) is 3.46. The highest BCUT2D eigenvalue weighted by atomic mass is 15.1. The Balaban J connectivity index is 1.82. The van der Waals surface area contributed by atoms with Crippen molar-refractivity contribution in [2.45, 2.75) is 0 Å². The van der Waals surface area contributed by atoms with Crippen molar-refractivity contribution in [3.05, 3.63) is 72.1 Å². The molecule has 0 saturated heterocycles. The van der Waals surface area contributed by atoms with Crippen LogP contribution in [0.25, 0.3) is 0 Å². The van der Waals surface area contributed by atoms with E-state index in [4.69, 9.17) is 10.5 Å². The van der Waals surface area contributed by atoms with Crippen LogP contribution < -0.4 is 10.6 Å². The van der Waals surface area contributed by atoms with Gasteiger partial charge in [-0.3, -0.25) is 0 Å². The summed E-state index contributed by atoms with van der Waals surface area (Å²) in [5.74, 6) is 1.14. The normalized spacial score (nSPS) is 9.58. The molecule has 2 aromatic carbocycles. The first-order chi connectivity index (χ1) is 11.8. The Hall–Kier alpha value is -3.90. The molecule has 0 spiro atoms. The molecule has 1 heterocycles. The van der Waals surface area contributed by atoms with Gasteiger partial charge in [0.15, 0.2) is 0 Å². The number of aromatic nitrogens is 2. The van der Waals surface area contributed by atoms with Crippen LogP contribution in [0.4, 0.5) is 23.0 Å². The molecule has 1 aromatic heterocycles. The Bertz CT molecular complexity index is 952. The van der Waals surface area contributed by atoms with Crippen LogP contribution in [0.1, 0.15) is 11.1 Å². The summed E-state index contributed by atoms with van der Waals surface area (Å²) in [5.41, 5.74) is 2.54. The Labute approximate surface area is 139 Å². The summed E-state index contributed by atoms with van der Waals surface area (Å²) in [7, 11) is 0. The molecule has 0 radical (unpaired) electrons. The molecule has 0 saturated carbocycles. The second-order valence-corrected chi connectivity index (χ2v) is 4.89. The maximum atomic E-state index is 9.13. The summed E-state index contributed by atoms with van der Waals surface area (Å²) < 4.78 is 0. The molecule has 24 heavy (non-hydrogen) atoms. The molecule has 0 amide bonds. The van der Waals surface area contributed by atoms with Gasteiger partial charge in [0.2, 0.25) is 0 Å². The highest BCUT2D eigenvalue weighted by Gasteiger charge is 2.04. The average molecular weight is 312 g/mol. The fourth-order valence-electron chi connectivity index (χ4n) is 2.14. The first-order valence-corrected chi connectivity index (χ1v) is 7.14. The zero-order valence-corrected chi connectivity index (χ0v) is 12.6. The maximum absolute atomic E-state index is 9.13. The van der Waals surface area contributed by atoms with E-state index in [1.807, 2.05) is 18.2 Å². The molecule has 6 nitrogen and oxygen atoms in total. The highest BCUT2D eigenvalue weighted by Crippen LogP contribution is 2.21. The van der Waals surface area contributed by atoms with Gasteiger partial charge >= 0.3 is 0 Å². The second kappa shape index (κ2) is 6.91. The molecule has 0 fully saturated rings. The lowest BCUT2D eigenvalue weighted by molar-refractivity contribution is 1.17. The van der Waals surface area contributed by atoms with Gasteiger partial charge in [0.25, 0.3) is 0 Å². The fourth-order valence-corrected chi connectivity index (χ4v) is 2.14. The van der Waals surface area contributed by atoms with E-state index in [-0.39, 0.29) is 0 Å². The van der Waals surface area contributed by atoms with Gasteiger partial charge in [-0.25, -0.2) is 9.97 Å². The van der Waals surface area contributed by atoms with E-state index in [1.54, 1.807) is 36.4 Å². The number of benzene rings is 2. The van der Waals surface area contributed by atoms with Gasteiger partial charge in [0.1, 0.15) is 24.0 Å². The van der Waals surface area contributed by atoms with Gasteiger partial charge in [0, 0.05) is 11.8 Å². The summed E-state index contributed by atoms with van der Waals surface area (Å²) in [6, 6.07) is 20.3. The standard InChI is InChI=1S/C18H12N6/c19-10-13-4-3-6-15(8-13)23-17-9-18(22-12-21-17)24-16-7-2-1-5-14(16)11-20/h1-9,12H,(H2,21,22,23,24). The van der Waals surface area contributed by atoms with Crippen LogP contribution in [0.3, 0.4) is 0 Å². The topological polar surface area (TPSA) is 97.4 Å². The maximum Gasteiger partial charge on any atom is 0.135 e. The molecular formula is C18H12N6. The average Bonchev–Trinajstić information content (AvgIpc) is 2.62. The number of nitrogens with one attached hydrogen (secondary N) is 2. The van der Waals surface area contributed by atoms with Crippen molar-refractivity contribution in [1.82, 2.24) is 9.97 Å². The van der Waals surface area contributed by atoms with Crippen molar-refractivity contribution in [1.29, 1.82) is 10.5 Å². The van der Waals surface area contributed by atoms with Crippen LogP contribution in [-0.2, 0) is 0 Å². The van der Waals surface area contributed by atoms with Gasteiger partial charge in [0.05, 0.1) is 22.9 Å². The summed E-state index contributed by atoms with van der Waals surface area (Å²) in [4.78, 5) is 8.33. The third-order valence-corrected chi connectivity index (χ3v) is 3.24. The number of para-hydroxylation sites is 1. The molecule has 0 aliphatic carbocycles. The van der Waals surface area contributed by atoms with E-state index in [0.717, 1.165) is 5.69 Å². The van der Waals surface area contributed by atoms with E-state index in [9.17, 15) is 0 Å². The van der Waals surface area contributed by atoms with Gasteiger partial charge in [-0.15, -0.1) is 0 Å². The molecule has 2 N–H and O–H groups in total. The summed E-state index contributed by atoms with van der Waals surface area (Å²) in [6.45, 7) is 0. The molecular weight excluding hydrogens is 300 g/mol. The number of nitrogens with zero attached hydrogens (tertiary/aromatic N) is 4. The Kier molecular flexibility index (Phi) is 4.32. The zero-order chi connectivity index (χ0) is 16.8. The number of nitriles is 2. The van der Waals surface area contributed by atoms with Gasteiger partial charge < -0.3 is 10.6 Å². The number of hydrogen-bond acceptors (Lipinski definition) is 6. The molecule has 0 bridgehead atoms. The minimum Gasteiger partial charge on any atom is -0.340 e. The van der Waals surface area contributed by atoms with Crippen molar-refractivity contribution >= 4 is 23.0 Å². The van der Waals surface area contributed by atoms with E-state index >= 15 is 0 Å². The van der Waals surface area contributed by atoms with E-state index < -0.39 is 0 Å². The molecule has 0 atom stereocenters. The van der Waals surface area contributed by atoms with Crippen LogP contribution in [0.2, 0.25) is 0 Å². The van der Waals surface area contributed by atoms with Crippen LogP contribution in [0.5, 0.6) is 0 Å². The third-order valence-electron chi connectivity index (χ3n) is 3.24. The highest BCUT2D eigenvalue weighted by molar-refractivity contribution is 5.67. The van der Waals surface area contributed by atoms with Crippen LogP contribution in [0, 0.1) is 22.7 Å². The number of hydrogen-bond donors (Lipinski definition) is 2. The van der Waals surface area contributed by atoms with Gasteiger partial charge in [-0.1, -0.05) is 18.2 Å². The molecule has 0 aliphatic rings. The van der Waals surface area contributed by atoms with E-state index in [1.165, 1.54) is 6.33 Å². The minimum absolute atomic E-state index is 0.535. The Morgan fingerprint density at radius 3 is 2.38 bits per heavy atom. The van der Waals surface area contributed by atoms with Crippen molar-refractivity contribution in [2.75, 3.05) is 10.6 Å². The van der Waals surface area contributed by atoms with Gasteiger partial charge in [-0.05, 0) is 30.3 Å². The lowest BCUT2D eigenvalue weighted by Gasteiger charge is -2.09. The predicted octanol–water partition coefficient (Wildman–Crippen LogP) is 3.71. The smallest absolute Gasteiger partial charge is 0.135 e. The lowest BCUT2D eigenvalue weighted by atomic mass is 10.2. The van der Waals surface area contributed by atoms with E-state index in [2.05, 4.69) is 32.7 Å². The fraction of sp³-hybridized carbons (Fsp3) is 0. The van der Waals surface area contributed by atoms with Crippen LogP contribution in [-0.4, -0.2) is 9.97 Å². The molecule has 6 heteroatoms. The Morgan fingerprint density at radius 1 is 0.792 bits per heavy atom. The molecule has 0 aliphatic heterocycles. The zero-order valence-electron chi connectivity index (χ0n) is 12.6. The summed E-state index contributed by atoms with van der Waals surface area (Å²) in [5, 5.41) is 24.3. The second-order valence-electron chi connectivity index (χ2n) is 4.89. The minimum atomic E-state index is 0.535. The predicted molar refractivity (Wildman–Crippen MR) is 90.9 cm³/mol. The quantitative estimate of drug-likeness (QED) is 0.762. The first-order valence-electron chi connectivity index (χ1n) is 7.14. The van der Waals surface area contributed by atoms with Crippen LogP contribution >= 0.6 is 0 Å². The largest absolute Gasteiger partial charge is 0.340 e. The lowest BCUT2D eigenvalue weighted by Crippen LogP contribution is -1.99. The summed E-state index contributed by atoms with van der Waals surface area (Å²) in [6.07, 6.45) is 1.42. The summed E-state index contributed by atoms with van der Waals surface area (Å²) >= 11 is 0. The first kappa shape index (κ1) is 15.0. The van der Waals surface area contributed by atoms with Crippen molar-refractivity contribution < 1.29 is 0 Å². The number of rotatable bonds is 4. The van der Waals surface area contributed by atoms with E-state index in [0.29, 0.717) is 28.5 Å². The van der Waals surface area contributed by atoms with Crippen molar-refractivity contribution in [3.63, 3.8) is 0 Å². The van der Waals surface area contributed by atoms with Gasteiger partial charge in [-0.2, -0.15) is 10.5 Å².